The molecule has 33 heavy (non-hydrogen) atoms. The molecule has 1 heterocycles. The van der Waals surface area contributed by atoms with E-state index in [2.05, 4.69) is 15.4 Å². The lowest BCUT2D eigenvalue weighted by Crippen LogP contribution is -2.30. The first-order valence-electron chi connectivity index (χ1n) is 10.0. The van der Waals surface area contributed by atoms with E-state index in [0.29, 0.717) is 33.9 Å². The number of hydrogen-bond acceptors (Lipinski definition) is 6. The molecule has 0 radical (unpaired) electrons. The van der Waals surface area contributed by atoms with Gasteiger partial charge in [0.15, 0.2) is 11.5 Å². The highest BCUT2D eigenvalue weighted by molar-refractivity contribution is 6.10. The average Bonchev–Trinajstić information content (AvgIpc) is 3.32. The van der Waals surface area contributed by atoms with Crippen molar-refractivity contribution in [3.05, 3.63) is 95.2 Å². The van der Waals surface area contributed by atoms with Gasteiger partial charge in [0, 0.05) is 11.3 Å². The fourth-order valence-electron chi connectivity index (χ4n) is 3.12. The number of nitrogens with one attached hydrogen (secondary N) is 2. The van der Waals surface area contributed by atoms with E-state index in [1.54, 1.807) is 66.7 Å². The summed E-state index contributed by atoms with van der Waals surface area (Å²) in [6, 6.07) is 20.0. The molecule has 0 fully saturated rings. The van der Waals surface area contributed by atoms with Gasteiger partial charge >= 0.3 is 5.97 Å². The Morgan fingerprint density at radius 2 is 1.61 bits per heavy atom. The summed E-state index contributed by atoms with van der Waals surface area (Å²) >= 11 is 0. The van der Waals surface area contributed by atoms with Gasteiger partial charge in [0.05, 0.1) is 12.7 Å². The van der Waals surface area contributed by atoms with E-state index in [1.807, 2.05) is 0 Å². The number of esters is 1. The third-order valence-corrected chi connectivity index (χ3v) is 4.80. The minimum absolute atomic E-state index is 0.0276. The number of ether oxygens (including phenoxy) is 3. The molecule has 0 aliphatic carbocycles. The van der Waals surface area contributed by atoms with Crippen LogP contribution in [0.5, 0.6) is 11.5 Å². The van der Waals surface area contributed by atoms with E-state index in [1.165, 1.54) is 19.2 Å². The lowest BCUT2D eigenvalue weighted by molar-refractivity contribution is -0.113. The first-order chi connectivity index (χ1) is 16.0. The molecule has 166 valence electrons. The predicted octanol–water partition coefficient (Wildman–Crippen LogP) is 3.61. The number of methoxy groups -OCH3 is 1. The van der Waals surface area contributed by atoms with Gasteiger partial charge in [-0.3, -0.25) is 9.59 Å². The van der Waals surface area contributed by atoms with Crippen LogP contribution in [0, 0.1) is 0 Å². The SMILES string of the molecule is COC(=O)c1ccc(NC(=O)/C(=C\c2ccc3c(c2)OCO3)NC(=O)c2ccccc2)cc1. The third-order valence-electron chi connectivity index (χ3n) is 4.80. The summed E-state index contributed by atoms with van der Waals surface area (Å²) in [7, 11) is 1.29. The van der Waals surface area contributed by atoms with Crippen LogP contribution in [0.2, 0.25) is 0 Å². The number of amides is 2. The monoisotopic (exact) mass is 444 g/mol. The molecule has 8 heteroatoms. The van der Waals surface area contributed by atoms with Gasteiger partial charge in [-0.05, 0) is 60.2 Å². The van der Waals surface area contributed by atoms with E-state index in [4.69, 9.17) is 9.47 Å². The molecule has 0 aromatic heterocycles. The summed E-state index contributed by atoms with van der Waals surface area (Å²) in [4.78, 5) is 37.4. The van der Waals surface area contributed by atoms with Gasteiger partial charge in [0.1, 0.15) is 5.70 Å². The standard InChI is InChI=1S/C25H20N2O6/c1-31-25(30)18-8-10-19(11-9-18)26-24(29)20(27-23(28)17-5-3-2-4-6-17)13-16-7-12-21-22(14-16)33-15-32-21/h2-14H,15H2,1H3,(H,26,29)(H,27,28)/b20-13+. The molecule has 8 nitrogen and oxygen atoms in total. The van der Waals surface area contributed by atoms with Gasteiger partial charge in [-0.25, -0.2) is 4.79 Å². The van der Waals surface area contributed by atoms with Crippen molar-refractivity contribution in [2.75, 3.05) is 19.2 Å². The maximum Gasteiger partial charge on any atom is 0.337 e. The highest BCUT2D eigenvalue weighted by atomic mass is 16.7. The van der Waals surface area contributed by atoms with Crippen molar-refractivity contribution in [2.24, 2.45) is 0 Å². The van der Waals surface area contributed by atoms with Crippen LogP contribution in [0.1, 0.15) is 26.3 Å². The molecule has 1 aliphatic rings. The molecular weight excluding hydrogens is 424 g/mol. The maximum absolute atomic E-state index is 13.1. The second kappa shape index (κ2) is 9.69. The van der Waals surface area contributed by atoms with Gasteiger partial charge in [-0.2, -0.15) is 0 Å². The summed E-state index contributed by atoms with van der Waals surface area (Å²) in [6.07, 6.45) is 1.54. The van der Waals surface area contributed by atoms with Crippen molar-refractivity contribution in [2.45, 2.75) is 0 Å². The lowest BCUT2D eigenvalue weighted by atomic mass is 10.1. The Balaban J connectivity index is 1.59. The van der Waals surface area contributed by atoms with Crippen molar-refractivity contribution >= 4 is 29.5 Å². The minimum Gasteiger partial charge on any atom is -0.465 e. The van der Waals surface area contributed by atoms with Crippen molar-refractivity contribution < 1.29 is 28.6 Å². The zero-order valence-corrected chi connectivity index (χ0v) is 17.7. The first-order valence-corrected chi connectivity index (χ1v) is 10.0. The van der Waals surface area contributed by atoms with Crippen molar-refractivity contribution in [3.63, 3.8) is 0 Å². The van der Waals surface area contributed by atoms with Crippen molar-refractivity contribution in [1.82, 2.24) is 5.32 Å². The van der Waals surface area contributed by atoms with Gasteiger partial charge < -0.3 is 24.8 Å². The second-order valence-electron chi connectivity index (χ2n) is 7.01. The summed E-state index contributed by atoms with van der Waals surface area (Å²) in [5, 5.41) is 5.40. The summed E-state index contributed by atoms with van der Waals surface area (Å²) in [5.41, 5.74) is 1.87. The fraction of sp³-hybridized carbons (Fsp3) is 0.0800. The quantitative estimate of drug-likeness (QED) is 0.445. The number of hydrogen-bond donors (Lipinski definition) is 2. The Bertz CT molecular complexity index is 1220. The Kier molecular flexibility index (Phi) is 6.36. The van der Waals surface area contributed by atoms with Crippen molar-refractivity contribution in [3.8, 4) is 11.5 Å². The summed E-state index contributed by atoms with van der Waals surface area (Å²) < 4.78 is 15.4. The van der Waals surface area contributed by atoms with Gasteiger partial charge in [-0.15, -0.1) is 0 Å². The minimum atomic E-state index is -0.539. The van der Waals surface area contributed by atoms with Crippen LogP contribution >= 0.6 is 0 Å². The lowest BCUT2D eigenvalue weighted by Gasteiger charge is -2.12. The Hall–Kier alpha value is -4.59. The number of carbonyl (C=O) groups is 3. The van der Waals surface area contributed by atoms with Gasteiger partial charge in [0.25, 0.3) is 11.8 Å². The highest BCUT2D eigenvalue weighted by Crippen LogP contribution is 2.33. The van der Waals surface area contributed by atoms with Crippen LogP contribution in [-0.2, 0) is 9.53 Å². The molecule has 0 spiro atoms. The smallest absolute Gasteiger partial charge is 0.337 e. The molecule has 2 amide bonds. The molecule has 0 saturated heterocycles. The molecule has 0 unspecified atom stereocenters. The van der Waals surface area contributed by atoms with Crippen LogP contribution in [0.3, 0.4) is 0 Å². The topological polar surface area (TPSA) is 103 Å². The molecule has 3 aromatic rings. The predicted molar refractivity (Wildman–Crippen MR) is 121 cm³/mol. The van der Waals surface area contributed by atoms with E-state index < -0.39 is 17.8 Å². The summed E-state index contributed by atoms with van der Waals surface area (Å²) in [5.74, 6) is -0.290. The number of rotatable bonds is 6. The molecular formula is C25H20N2O6. The zero-order chi connectivity index (χ0) is 23.2. The van der Waals surface area contributed by atoms with E-state index in [0.717, 1.165) is 0 Å². The van der Waals surface area contributed by atoms with Crippen molar-refractivity contribution in [1.29, 1.82) is 0 Å². The second-order valence-corrected chi connectivity index (χ2v) is 7.01. The zero-order valence-electron chi connectivity index (χ0n) is 17.7. The molecule has 4 rings (SSSR count). The third kappa shape index (κ3) is 5.19. The van der Waals surface area contributed by atoms with Crippen LogP contribution in [0.4, 0.5) is 5.69 Å². The number of benzene rings is 3. The largest absolute Gasteiger partial charge is 0.465 e. The van der Waals surface area contributed by atoms with Crippen LogP contribution < -0.4 is 20.1 Å². The molecule has 1 aliphatic heterocycles. The van der Waals surface area contributed by atoms with Gasteiger partial charge in [-0.1, -0.05) is 24.3 Å². The number of fused-ring (bicyclic) bond motifs is 1. The average molecular weight is 444 g/mol. The molecule has 0 bridgehead atoms. The number of carbonyl (C=O) groups excluding carboxylic acids is 3. The number of anilines is 1. The maximum atomic E-state index is 13.1. The highest BCUT2D eigenvalue weighted by Gasteiger charge is 2.17. The molecule has 0 atom stereocenters. The fourth-order valence-corrected chi connectivity index (χ4v) is 3.12. The van der Waals surface area contributed by atoms with Gasteiger partial charge in [0.2, 0.25) is 6.79 Å². The van der Waals surface area contributed by atoms with E-state index >= 15 is 0 Å². The Morgan fingerprint density at radius 1 is 0.879 bits per heavy atom. The van der Waals surface area contributed by atoms with E-state index in [9.17, 15) is 14.4 Å². The molecule has 2 N–H and O–H groups in total. The van der Waals surface area contributed by atoms with Crippen LogP contribution in [0.25, 0.3) is 6.08 Å². The van der Waals surface area contributed by atoms with E-state index in [-0.39, 0.29) is 12.5 Å². The van der Waals surface area contributed by atoms with Crippen LogP contribution in [-0.4, -0.2) is 31.7 Å². The first kappa shape index (κ1) is 21.6. The molecule has 0 saturated carbocycles. The van der Waals surface area contributed by atoms with Crippen LogP contribution in [0.15, 0.2) is 78.5 Å². The normalized spacial score (nSPS) is 12.1. The Labute approximate surface area is 189 Å². The Morgan fingerprint density at radius 3 is 2.33 bits per heavy atom. The summed E-state index contributed by atoms with van der Waals surface area (Å²) in [6.45, 7) is 0.127. The molecule has 3 aromatic carbocycles.